The quantitative estimate of drug-likeness (QED) is 0.0564. The molecule has 0 bridgehead atoms. The molecule has 376 valence electrons. The van der Waals surface area contributed by atoms with Crippen LogP contribution in [-0.2, 0) is 51.7 Å². The molecule has 8 atom stereocenters. The highest BCUT2D eigenvalue weighted by Crippen LogP contribution is 2.43. The number of esters is 2. The van der Waals surface area contributed by atoms with Crippen molar-refractivity contribution in [1.29, 1.82) is 0 Å². The molecule has 2 fully saturated rings. The van der Waals surface area contributed by atoms with Gasteiger partial charge in [0.1, 0.15) is 30.5 Å². The fourth-order valence-electron chi connectivity index (χ4n) is 6.21. The minimum Gasteiger partial charge on any atom is -0.465 e. The van der Waals surface area contributed by atoms with Crippen LogP contribution in [0.3, 0.4) is 0 Å². The minimum atomic E-state index is -4.53. The third-order valence-electron chi connectivity index (χ3n) is 12.3. The van der Waals surface area contributed by atoms with Gasteiger partial charge in [-0.3, -0.25) is 14.4 Å². The van der Waals surface area contributed by atoms with Crippen molar-refractivity contribution < 1.29 is 78.0 Å². The first-order valence-electron chi connectivity index (χ1n) is 22.0. The smallest absolute Gasteiger partial charge is 0.413 e. The summed E-state index contributed by atoms with van der Waals surface area (Å²) in [5, 5.41) is -0.708. The zero-order chi connectivity index (χ0) is 50.2. The van der Waals surface area contributed by atoms with Gasteiger partial charge in [0.15, 0.2) is 22.4 Å². The summed E-state index contributed by atoms with van der Waals surface area (Å²) in [6.45, 7) is 33.1. The molecule has 0 aromatic rings. The highest BCUT2D eigenvalue weighted by Gasteiger charge is 2.51. The molecule has 0 amide bonds. The van der Waals surface area contributed by atoms with Gasteiger partial charge in [0.2, 0.25) is 0 Å². The van der Waals surface area contributed by atoms with Gasteiger partial charge in [0.05, 0.1) is 42.4 Å². The molecular formula is C45H80F6O11Si2. The summed E-state index contributed by atoms with van der Waals surface area (Å²) < 4.78 is 127. The van der Waals surface area contributed by atoms with Crippen molar-refractivity contribution in [3.05, 3.63) is 12.2 Å². The lowest BCUT2D eigenvalue weighted by Gasteiger charge is -2.40. The van der Waals surface area contributed by atoms with E-state index in [-0.39, 0.29) is 67.1 Å². The Kier molecular flexibility index (Phi) is 21.6. The van der Waals surface area contributed by atoms with Crippen LogP contribution in [0.1, 0.15) is 122 Å². The Morgan fingerprint density at radius 1 is 0.594 bits per heavy atom. The predicted molar refractivity (Wildman–Crippen MR) is 238 cm³/mol. The number of Topliss-reactive ketones (excluding diaryl/α,β-unsaturated/α-hetero) is 1. The van der Waals surface area contributed by atoms with E-state index >= 15 is 0 Å². The van der Waals surface area contributed by atoms with E-state index in [1.807, 2.05) is 54.6 Å². The maximum atomic E-state index is 13.7. The van der Waals surface area contributed by atoms with E-state index in [2.05, 4.69) is 6.58 Å². The lowest BCUT2D eigenvalue weighted by molar-refractivity contribution is -0.202. The number of ketones is 1. The van der Waals surface area contributed by atoms with Crippen molar-refractivity contribution >= 4 is 34.4 Å². The van der Waals surface area contributed by atoms with E-state index in [0.29, 0.717) is 12.0 Å². The lowest BCUT2D eigenvalue weighted by atomic mass is 9.97. The predicted octanol–water partition coefficient (Wildman–Crippen LogP) is 11.1. The molecule has 19 heteroatoms. The number of carbonyl (C=O) groups is 3. The van der Waals surface area contributed by atoms with E-state index in [4.69, 9.17) is 37.3 Å². The van der Waals surface area contributed by atoms with Crippen molar-refractivity contribution in [2.24, 2.45) is 10.8 Å². The highest BCUT2D eigenvalue weighted by atomic mass is 28.4. The number of ether oxygens (including phenoxy) is 6. The van der Waals surface area contributed by atoms with Crippen molar-refractivity contribution in [1.82, 2.24) is 0 Å². The van der Waals surface area contributed by atoms with Gasteiger partial charge in [-0.25, -0.2) is 0 Å². The first-order chi connectivity index (χ1) is 28.6. The van der Waals surface area contributed by atoms with Gasteiger partial charge < -0.3 is 37.3 Å². The van der Waals surface area contributed by atoms with Crippen molar-refractivity contribution in [2.75, 3.05) is 27.4 Å². The lowest BCUT2D eigenvalue weighted by Crippen LogP contribution is -2.48. The summed E-state index contributed by atoms with van der Waals surface area (Å²) in [6.07, 6.45) is -16.9. The summed E-state index contributed by atoms with van der Waals surface area (Å²) in [5.41, 5.74) is -0.630. The maximum absolute atomic E-state index is 13.7. The Bertz CT molecular complexity index is 1410. The summed E-state index contributed by atoms with van der Waals surface area (Å²) in [4.78, 5) is 36.4. The van der Waals surface area contributed by atoms with Crippen LogP contribution in [0, 0.1) is 10.8 Å². The third-order valence-corrected chi connectivity index (χ3v) is 21.3. The molecule has 0 N–H and O–H groups in total. The molecule has 2 unspecified atom stereocenters. The monoisotopic (exact) mass is 967 g/mol. The Morgan fingerprint density at radius 2 is 0.922 bits per heavy atom. The number of alkyl halides is 6. The van der Waals surface area contributed by atoms with Crippen molar-refractivity contribution in [2.45, 2.75) is 219 Å². The van der Waals surface area contributed by atoms with Crippen LogP contribution in [0.25, 0.3) is 0 Å². The van der Waals surface area contributed by atoms with Gasteiger partial charge in [-0.2, -0.15) is 26.3 Å². The van der Waals surface area contributed by atoms with Crippen LogP contribution < -0.4 is 0 Å². The molecule has 2 heterocycles. The van der Waals surface area contributed by atoms with Crippen molar-refractivity contribution in [3.63, 3.8) is 0 Å². The number of methoxy groups -OCH3 is 2. The molecule has 2 rings (SSSR count). The van der Waals surface area contributed by atoms with Crippen LogP contribution in [0.15, 0.2) is 12.2 Å². The van der Waals surface area contributed by atoms with Crippen LogP contribution in [0.5, 0.6) is 0 Å². The summed E-state index contributed by atoms with van der Waals surface area (Å²) in [5.74, 6) is -1.08. The number of halogens is 6. The summed E-state index contributed by atoms with van der Waals surface area (Å²) >= 11 is 0. The Morgan fingerprint density at radius 3 is 1.23 bits per heavy atom. The van der Waals surface area contributed by atoms with Crippen LogP contribution in [0.4, 0.5) is 26.3 Å². The van der Waals surface area contributed by atoms with Gasteiger partial charge in [0, 0.05) is 27.1 Å². The fraction of sp³-hybridized carbons (Fsp3) is 0.889. The highest BCUT2D eigenvalue weighted by molar-refractivity contribution is 6.74. The molecule has 0 radical (unpaired) electrons. The molecule has 0 aromatic heterocycles. The largest absolute Gasteiger partial charge is 0.465 e. The Hall–Kier alpha value is -1.88. The SMILES string of the molecule is C=C1[C@H](CCOC(=O)C(C)(C)C)O[C@H](CCC(O[Si](C)(C)C(C)(C)C)C(F)(F)F)[C@@H]1OC.CO[C@@H]1C(=O)[C@H](CCOC(=O)C(C)(C)C)O[C@@H]1CCC(O[Si](C)(C)C(C)(C)C)C(F)(F)F. The maximum Gasteiger partial charge on any atom is 0.413 e. The van der Waals surface area contributed by atoms with E-state index in [1.165, 1.54) is 14.2 Å². The number of rotatable bonds is 18. The average molecular weight is 967 g/mol. The van der Waals surface area contributed by atoms with Crippen molar-refractivity contribution in [3.8, 4) is 0 Å². The molecule has 0 aromatic carbocycles. The van der Waals surface area contributed by atoms with E-state index < -0.39 is 94.6 Å². The van der Waals surface area contributed by atoms with E-state index in [9.17, 15) is 40.7 Å². The topological polar surface area (TPSA) is 125 Å². The fourth-order valence-corrected chi connectivity index (χ4v) is 8.84. The zero-order valence-corrected chi connectivity index (χ0v) is 43.7. The van der Waals surface area contributed by atoms with Crippen LogP contribution >= 0.6 is 0 Å². The second kappa shape index (κ2) is 22.9. The minimum absolute atomic E-state index is 0.0185. The Balaban J connectivity index is 0.000000640. The summed E-state index contributed by atoms with van der Waals surface area (Å²) in [7, 11) is -2.45. The molecule has 0 aliphatic carbocycles. The second-order valence-corrected chi connectivity index (χ2v) is 31.4. The average Bonchev–Trinajstić information content (AvgIpc) is 3.58. The van der Waals surface area contributed by atoms with E-state index in [1.54, 1.807) is 54.6 Å². The molecule has 0 saturated carbocycles. The first-order valence-corrected chi connectivity index (χ1v) is 27.9. The molecule has 11 nitrogen and oxygen atoms in total. The number of carbonyl (C=O) groups excluding carboxylic acids is 3. The standard InChI is InChI=1S/C23H41F3O5Si.C22H39F3O6Si/c1-15-16(13-14-29-20(27)21(2,3)4)30-17(19(15)28-8)11-12-18(23(24,25)26)31-32(9,10)22(5,6)7;1-20(2,3)19(27)29-13-12-14-17(26)18(28-7)15(30-14)10-11-16(22(23,24)25)31-32(8,9)21(4,5)6/h16-19H,1,11-14H2,2-10H3;14-16,18H,10-13H2,1-9H3/t16-,17+,18?,19+;14-,15+,16?,18-/m00/s1. The van der Waals surface area contributed by atoms with Crippen LogP contribution in [-0.4, -0.2) is 123 Å². The first kappa shape index (κ1) is 60.1. The molecule has 2 aliphatic heterocycles. The summed E-state index contributed by atoms with van der Waals surface area (Å²) in [6, 6.07) is 0. The molecule has 64 heavy (non-hydrogen) atoms. The van der Waals surface area contributed by atoms with Gasteiger partial charge in [-0.15, -0.1) is 0 Å². The Labute approximate surface area is 380 Å². The van der Waals surface area contributed by atoms with E-state index in [0.717, 1.165) is 0 Å². The number of hydrogen-bond acceptors (Lipinski definition) is 11. The zero-order valence-electron chi connectivity index (χ0n) is 41.7. The normalized spacial score (nSPS) is 24.0. The molecule has 2 saturated heterocycles. The van der Waals surface area contributed by atoms with Gasteiger partial charge in [-0.1, -0.05) is 48.1 Å². The second-order valence-electron chi connectivity index (χ2n) is 21.9. The van der Waals surface area contributed by atoms with Gasteiger partial charge in [-0.05, 0) is 109 Å². The van der Waals surface area contributed by atoms with Gasteiger partial charge in [0.25, 0.3) is 0 Å². The number of hydrogen-bond donors (Lipinski definition) is 0. The molecule has 0 spiro atoms. The molecular weight excluding hydrogens is 887 g/mol. The third kappa shape index (κ3) is 18.0. The van der Waals surface area contributed by atoms with Gasteiger partial charge >= 0.3 is 24.3 Å². The van der Waals surface area contributed by atoms with Crippen LogP contribution in [0.2, 0.25) is 36.3 Å². The molecule has 2 aliphatic rings.